The van der Waals surface area contributed by atoms with Gasteiger partial charge < -0.3 is 23.8 Å². The van der Waals surface area contributed by atoms with Gasteiger partial charge in [0.15, 0.2) is 18.1 Å². The summed E-state index contributed by atoms with van der Waals surface area (Å²) >= 11 is 0.803. The van der Waals surface area contributed by atoms with E-state index in [1.165, 1.54) is 13.2 Å². The Labute approximate surface area is 148 Å². The smallest absolute Gasteiger partial charge is 0.281 e. The average Bonchev–Trinajstić information content (AvgIpc) is 3.07. The van der Waals surface area contributed by atoms with Crippen molar-refractivity contribution in [2.24, 2.45) is 0 Å². The van der Waals surface area contributed by atoms with Crippen molar-refractivity contribution in [1.82, 2.24) is 10.2 Å². The molecule has 1 aromatic heterocycles. The number of carboxylic acid groups (broad SMARTS) is 1. The van der Waals surface area contributed by atoms with Crippen LogP contribution >= 0.6 is 11.8 Å². The fraction of sp³-hybridized carbons (Fsp3) is 0.250. The van der Waals surface area contributed by atoms with Crippen molar-refractivity contribution < 1.29 is 23.8 Å². The lowest BCUT2D eigenvalue weighted by Gasteiger charge is -2.10. The summed E-state index contributed by atoms with van der Waals surface area (Å²) in [6.07, 6.45) is 1.95. The third kappa shape index (κ3) is 4.99. The maximum atomic E-state index is 11.4. The number of carbonyl (C=O) groups is 1. The fourth-order valence-electron chi connectivity index (χ4n) is 1.80. The Balaban J connectivity index is 2.27. The molecule has 8 nitrogen and oxygen atoms in total. The van der Waals surface area contributed by atoms with E-state index in [9.17, 15) is 9.90 Å². The van der Waals surface area contributed by atoms with Crippen LogP contribution in [0.3, 0.4) is 0 Å². The molecule has 130 valence electrons. The number of hydrogen-bond donors (Lipinski definition) is 0. The Kier molecular flexibility index (Phi) is 6.42. The summed E-state index contributed by atoms with van der Waals surface area (Å²) < 4.78 is 15.7. The summed E-state index contributed by atoms with van der Waals surface area (Å²) in [6, 6.07) is 6.66. The highest BCUT2D eigenvalue weighted by Gasteiger charge is 2.11. The third-order valence-electron chi connectivity index (χ3n) is 2.93. The predicted molar refractivity (Wildman–Crippen MR) is 86.6 cm³/mol. The lowest BCUT2D eigenvalue weighted by atomic mass is 10.2. The number of rotatable bonds is 8. The minimum atomic E-state index is -1.37. The van der Waals surface area contributed by atoms with Gasteiger partial charge in [-0.25, -0.2) is 0 Å². The van der Waals surface area contributed by atoms with Crippen molar-refractivity contribution in [2.75, 3.05) is 13.7 Å². The highest BCUT2D eigenvalue weighted by atomic mass is 32.2. The third-order valence-corrected chi connectivity index (χ3v) is 3.77. The number of hydrogen-bond acceptors (Lipinski definition) is 9. The Morgan fingerprint density at radius 3 is 2.84 bits per heavy atom. The molecule has 0 bridgehead atoms. The van der Waals surface area contributed by atoms with Gasteiger partial charge in [-0.15, -0.1) is 10.2 Å². The number of carbonyl (C=O) groups excluding carboxylic acids is 1. The average molecular weight is 360 g/mol. The van der Waals surface area contributed by atoms with Gasteiger partial charge in [-0.2, -0.15) is 5.26 Å². The summed E-state index contributed by atoms with van der Waals surface area (Å²) in [5.74, 6) is -0.197. The van der Waals surface area contributed by atoms with Gasteiger partial charge in [0.2, 0.25) is 5.89 Å². The zero-order valence-electron chi connectivity index (χ0n) is 13.5. The van der Waals surface area contributed by atoms with E-state index in [1.807, 2.05) is 13.0 Å². The van der Waals surface area contributed by atoms with Crippen molar-refractivity contribution in [1.29, 1.82) is 5.26 Å². The van der Waals surface area contributed by atoms with E-state index in [-0.39, 0.29) is 16.7 Å². The minimum absolute atomic E-state index is 0.0981. The molecule has 1 aromatic carbocycles. The normalized spacial score (nSPS) is 11.0. The number of carboxylic acids is 1. The topological polar surface area (TPSA) is 121 Å². The summed E-state index contributed by atoms with van der Waals surface area (Å²) in [5.41, 5.74) is 0.545. The molecule has 1 heterocycles. The second-order valence-corrected chi connectivity index (χ2v) is 5.56. The molecule has 0 saturated heterocycles. The Morgan fingerprint density at radius 1 is 1.44 bits per heavy atom. The van der Waals surface area contributed by atoms with Crippen LogP contribution in [0.5, 0.6) is 11.5 Å². The Hall–Kier alpha value is -2.99. The summed E-state index contributed by atoms with van der Waals surface area (Å²) in [7, 11) is 1.45. The first-order valence-electron chi connectivity index (χ1n) is 7.18. The molecule has 9 heteroatoms. The van der Waals surface area contributed by atoms with Crippen molar-refractivity contribution >= 4 is 23.8 Å². The van der Waals surface area contributed by atoms with Crippen LogP contribution in [0.1, 0.15) is 18.4 Å². The molecule has 0 aliphatic carbocycles. The monoisotopic (exact) mass is 360 g/mol. The maximum Gasteiger partial charge on any atom is 0.281 e. The van der Waals surface area contributed by atoms with E-state index in [1.54, 1.807) is 18.2 Å². The van der Waals surface area contributed by atoms with Crippen LogP contribution in [0, 0.1) is 11.3 Å². The molecule has 0 aliphatic heterocycles. The lowest BCUT2D eigenvalue weighted by molar-refractivity contribution is -0.298. The zero-order valence-corrected chi connectivity index (χ0v) is 14.3. The maximum absolute atomic E-state index is 11.4. The SMILES string of the molecule is CCc1nnc(S/C(=C\c2ccc(OCC#N)c(OC)c2)C(=O)[O-])o1. The van der Waals surface area contributed by atoms with E-state index in [2.05, 4.69) is 10.2 Å². The van der Waals surface area contributed by atoms with Gasteiger partial charge >= 0.3 is 0 Å². The van der Waals surface area contributed by atoms with E-state index >= 15 is 0 Å². The number of aliphatic carboxylic acids is 1. The van der Waals surface area contributed by atoms with E-state index < -0.39 is 5.97 Å². The number of nitriles is 1. The second kappa shape index (κ2) is 8.75. The van der Waals surface area contributed by atoms with Gasteiger partial charge in [0.25, 0.3) is 5.22 Å². The predicted octanol–water partition coefficient (Wildman–Crippen LogP) is 1.43. The van der Waals surface area contributed by atoms with Gasteiger partial charge in [0.05, 0.1) is 13.1 Å². The standard InChI is InChI=1S/C16H15N3O5S/c1-3-14-18-19-16(24-14)25-13(15(20)21)9-10-4-5-11(23-7-6-17)12(8-10)22-2/h4-5,8-9H,3,7H2,1-2H3,(H,20,21)/p-1/b13-9-. The molecule has 0 fully saturated rings. The molecule has 0 N–H and O–H groups in total. The number of nitrogens with zero attached hydrogens (tertiary/aromatic N) is 3. The molecule has 0 aliphatic rings. The Morgan fingerprint density at radius 2 is 2.24 bits per heavy atom. The van der Waals surface area contributed by atoms with Crippen molar-refractivity contribution in [3.05, 3.63) is 34.6 Å². The largest absolute Gasteiger partial charge is 0.544 e. The zero-order chi connectivity index (χ0) is 18.2. The molecule has 0 atom stereocenters. The van der Waals surface area contributed by atoms with Crippen LogP contribution in [0.15, 0.2) is 32.7 Å². The number of aromatic nitrogens is 2. The second-order valence-electron chi connectivity index (χ2n) is 4.57. The van der Waals surface area contributed by atoms with Gasteiger partial charge in [-0.1, -0.05) is 13.0 Å². The van der Waals surface area contributed by atoms with Crippen molar-refractivity contribution in [2.45, 2.75) is 18.6 Å². The first-order valence-corrected chi connectivity index (χ1v) is 8.00. The van der Waals surface area contributed by atoms with Gasteiger partial charge in [0.1, 0.15) is 6.07 Å². The van der Waals surface area contributed by atoms with Gasteiger partial charge in [0, 0.05) is 11.3 Å². The molecule has 2 aromatic rings. The van der Waals surface area contributed by atoms with Crippen LogP contribution < -0.4 is 14.6 Å². The van der Waals surface area contributed by atoms with E-state index in [0.29, 0.717) is 29.4 Å². The fourth-order valence-corrected chi connectivity index (χ4v) is 2.49. The molecular formula is C16H14N3O5S-. The first kappa shape index (κ1) is 18.4. The lowest BCUT2D eigenvalue weighted by Crippen LogP contribution is -2.23. The minimum Gasteiger partial charge on any atom is -0.544 e. The highest BCUT2D eigenvalue weighted by molar-refractivity contribution is 8.03. The first-order chi connectivity index (χ1) is 12.1. The van der Waals surface area contributed by atoms with Crippen molar-refractivity contribution in [3.8, 4) is 17.6 Å². The number of ether oxygens (including phenoxy) is 2. The molecule has 2 rings (SSSR count). The number of thioether (sulfide) groups is 1. The number of aryl methyl sites for hydroxylation is 1. The molecular weight excluding hydrogens is 346 g/mol. The molecule has 0 saturated carbocycles. The summed E-state index contributed by atoms with van der Waals surface area (Å²) in [6.45, 7) is 1.72. The van der Waals surface area contributed by atoms with Crippen LogP contribution in [0.25, 0.3) is 6.08 Å². The summed E-state index contributed by atoms with van der Waals surface area (Å²) in [5, 5.41) is 27.6. The van der Waals surface area contributed by atoms with Gasteiger partial charge in [-0.3, -0.25) is 0 Å². The molecule has 0 spiro atoms. The number of methoxy groups -OCH3 is 1. The summed E-state index contributed by atoms with van der Waals surface area (Å²) in [4.78, 5) is 11.3. The van der Waals surface area contributed by atoms with E-state index in [0.717, 1.165) is 11.8 Å². The van der Waals surface area contributed by atoms with Crippen LogP contribution in [0.4, 0.5) is 0 Å². The molecule has 25 heavy (non-hydrogen) atoms. The van der Waals surface area contributed by atoms with Crippen LogP contribution in [-0.2, 0) is 11.2 Å². The van der Waals surface area contributed by atoms with Crippen LogP contribution in [-0.4, -0.2) is 29.9 Å². The quantitative estimate of drug-likeness (QED) is 0.508. The number of benzene rings is 1. The van der Waals surface area contributed by atoms with Gasteiger partial charge in [-0.05, 0) is 35.5 Å². The Bertz CT molecular complexity index is 825. The van der Waals surface area contributed by atoms with Crippen molar-refractivity contribution in [3.63, 3.8) is 0 Å². The molecule has 0 radical (unpaired) electrons. The molecule has 0 amide bonds. The van der Waals surface area contributed by atoms with Crippen LogP contribution in [0.2, 0.25) is 0 Å². The molecule has 0 unspecified atom stereocenters. The highest BCUT2D eigenvalue weighted by Crippen LogP contribution is 2.31. The van der Waals surface area contributed by atoms with E-state index in [4.69, 9.17) is 19.2 Å².